The fourth-order valence-corrected chi connectivity index (χ4v) is 3.66. The fourth-order valence-electron chi connectivity index (χ4n) is 3.66. The number of hydrogen-bond acceptors (Lipinski definition) is 6. The third kappa shape index (κ3) is 6.29. The zero-order chi connectivity index (χ0) is 25.5. The third-order valence-electron chi connectivity index (χ3n) is 5.48. The second-order valence-corrected chi connectivity index (χ2v) is 8.16. The minimum absolute atomic E-state index is 0.246. The first-order valence-corrected chi connectivity index (χ1v) is 11.6. The van der Waals surface area contributed by atoms with Crippen LogP contribution in [0.3, 0.4) is 0 Å². The van der Waals surface area contributed by atoms with Gasteiger partial charge in [-0.3, -0.25) is 0 Å². The van der Waals surface area contributed by atoms with Gasteiger partial charge in [-0.1, -0.05) is 31.2 Å². The molecule has 1 atom stereocenters. The largest absolute Gasteiger partial charge is 0.493 e. The van der Waals surface area contributed by atoms with Crippen molar-refractivity contribution in [2.75, 3.05) is 18.1 Å². The number of anilines is 1. The van der Waals surface area contributed by atoms with Crippen LogP contribution < -0.4 is 14.4 Å². The van der Waals surface area contributed by atoms with Crippen LogP contribution >= 0.6 is 0 Å². The van der Waals surface area contributed by atoms with E-state index in [4.69, 9.17) is 13.9 Å². The molecule has 0 aliphatic heterocycles. The Morgan fingerprint density at radius 2 is 1.89 bits per heavy atom. The van der Waals surface area contributed by atoms with Crippen molar-refractivity contribution in [1.29, 1.82) is 0 Å². The van der Waals surface area contributed by atoms with Gasteiger partial charge in [0.15, 0.2) is 23.3 Å². The van der Waals surface area contributed by atoms with Gasteiger partial charge >= 0.3 is 5.97 Å². The topological polar surface area (TPSA) is 85.0 Å². The molecule has 1 N–H and O–H groups in total. The Bertz CT molecular complexity index is 1290. The summed E-state index contributed by atoms with van der Waals surface area (Å²) in [5.41, 5.74) is 2.25. The summed E-state index contributed by atoms with van der Waals surface area (Å²) in [6.07, 6.45) is -0.0426. The van der Waals surface area contributed by atoms with Crippen molar-refractivity contribution in [1.82, 2.24) is 4.98 Å². The first-order chi connectivity index (χ1) is 17.4. The first-order valence-electron chi connectivity index (χ1n) is 11.6. The molecule has 1 aromatic heterocycles. The maximum Gasteiger partial charge on any atom is 0.344 e. The summed E-state index contributed by atoms with van der Waals surface area (Å²) in [5, 5.41) is 9.29. The predicted molar refractivity (Wildman–Crippen MR) is 130 cm³/mol. The van der Waals surface area contributed by atoms with Gasteiger partial charge in [-0.2, -0.15) is 4.98 Å². The number of rotatable bonds is 12. The molecule has 0 bridgehead atoms. The van der Waals surface area contributed by atoms with Crippen molar-refractivity contribution in [3.05, 3.63) is 83.9 Å². The molecule has 0 aliphatic rings. The lowest BCUT2D eigenvalue weighted by atomic mass is 10.2. The minimum Gasteiger partial charge on any atom is -0.493 e. The molecule has 0 aliphatic carbocycles. The average molecular weight is 497 g/mol. The number of fused-ring (bicyclic) bond motifs is 1. The normalized spacial score (nSPS) is 11.9. The van der Waals surface area contributed by atoms with Gasteiger partial charge in [-0.25, -0.2) is 13.6 Å². The molecular formula is C27H26F2N2O5. The number of para-hydroxylation sites is 2. The highest BCUT2D eigenvalue weighted by molar-refractivity contribution is 5.74. The van der Waals surface area contributed by atoms with E-state index in [0.717, 1.165) is 23.2 Å². The van der Waals surface area contributed by atoms with E-state index in [1.54, 1.807) is 25.1 Å². The van der Waals surface area contributed by atoms with Crippen LogP contribution in [0.4, 0.5) is 14.8 Å². The molecule has 188 valence electrons. The van der Waals surface area contributed by atoms with E-state index in [9.17, 15) is 18.7 Å². The number of hydrogen-bond donors (Lipinski definition) is 1. The van der Waals surface area contributed by atoms with Gasteiger partial charge < -0.3 is 23.9 Å². The number of benzene rings is 3. The Labute approximate surface area is 206 Å². The summed E-state index contributed by atoms with van der Waals surface area (Å²) in [6, 6.07) is 18.5. The molecule has 4 aromatic rings. The Morgan fingerprint density at radius 1 is 1.06 bits per heavy atom. The highest BCUT2D eigenvalue weighted by Gasteiger charge is 2.18. The van der Waals surface area contributed by atoms with Crippen molar-refractivity contribution < 1.29 is 32.6 Å². The minimum atomic E-state index is -1.02. The van der Waals surface area contributed by atoms with Crippen LogP contribution in [0.5, 0.6) is 11.5 Å². The molecule has 1 unspecified atom stereocenters. The number of nitrogens with zero attached hydrogens (tertiary/aromatic N) is 2. The summed E-state index contributed by atoms with van der Waals surface area (Å²) in [5.74, 6) is -2.20. The molecule has 3 aromatic carbocycles. The molecule has 1 heterocycles. The molecule has 0 saturated carbocycles. The molecule has 7 nitrogen and oxygen atoms in total. The van der Waals surface area contributed by atoms with Crippen LogP contribution in [0.15, 0.2) is 71.1 Å². The third-order valence-corrected chi connectivity index (χ3v) is 5.48. The van der Waals surface area contributed by atoms with E-state index in [2.05, 4.69) is 4.98 Å². The van der Waals surface area contributed by atoms with Gasteiger partial charge in [0.25, 0.3) is 6.01 Å². The molecule has 36 heavy (non-hydrogen) atoms. The number of ether oxygens (including phenoxy) is 2. The van der Waals surface area contributed by atoms with E-state index < -0.39 is 23.7 Å². The smallest absolute Gasteiger partial charge is 0.344 e. The van der Waals surface area contributed by atoms with Crippen molar-refractivity contribution in [3.63, 3.8) is 0 Å². The maximum atomic E-state index is 13.4. The van der Waals surface area contributed by atoms with Crippen molar-refractivity contribution in [3.8, 4) is 11.5 Å². The lowest BCUT2D eigenvalue weighted by Gasteiger charge is -2.21. The molecule has 9 heteroatoms. The summed E-state index contributed by atoms with van der Waals surface area (Å²) >= 11 is 0. The van der Waals surface area contributed by atoms with Gasteiger partial charge in [0.1, 0.15) is 17.0 Å². The Kier molecular flexibility index (Phi) is 7.99. The number of aliphatic carboxylic acids is 1. The van der Waals surface area contributed by atoms with E-state index >= 15 is 0 Å². The van der Waals surface area contributed by atoms with E-state index in [1.165, 1.54) is 6.07 Å². The number of oxazole rings is 1. The second-order valence-electron chi connectivity index (χ2n) is 8.16. The van der Waals surface area contributed by atoms with Gasteiger partial charge in [0.2, 0.25) is 0 Å². The van der Waals surface area contributed by atoms with Crippen LogP contribution in [0.1, 0.15) is 25.3 Å². The quantitative estimate of drug-likeness (QED) is 0.247. The van der Waals surface area contributed by atoms with Crippen molar-refractivity contribution in [2.45, 2.75) is 32.4 Å². The van der Waals surface area contributed by atoms with Crippen molar-refractivity contribution >= 4 is 23.1 Å². The number of aromatic nitrogens is 1. The summed E-state index contributed by atoms with van der Waals surface area (Å²) < 4.78 is 43.7. The predicted octanol–water partition coefficient (Wildman–Crippen LogP) is 5.82. The number of halogens is 2. The average Bonchev–Trinajstić information content (AvgIpc) is 3.31. The lowest BCUT2D eigenvalue weighted by molar-refractivity contribution is -0.145. The zero-order valence-corrected chi connectivity index (χ0v) is 19.7. The lowest BCUT2D eigenvalue weighted by Crippen LogP contribution is -2.27. The molecule has 0 saturated heterocycles. The van der Waals surface area contributed by atoms with Gasteiger partial charge in [0.05, 0.1) is 6.61 Å². The molecule has 0 spiro atoms. The van der Waals surface area contributed by atoms with Crippen LogP contribution in [0.2, 0.25) is 0 Å². The van der Waals surface area contributed by atoms with Gasteiger partial charge in [0, 0.05) is 19.2 Å². The van der Waals surface area contributed by atoms with E-state index in [-0.39, 0.29) is 12.4 Å². The zero-order valence-electron chi connectivity index (χ0n) is 19.7. The molecule has 0 radical (unpaired) electrons. The van der Waals surface area contributed by atoms with Crippen LogP contribution in [0.25, 0.3) is 11.1 Å². The molecular weight excluding hydrogens is 470 g/mol. The van der Waals surface area contributed by atoms with Gasteiger partial charge in [-0.05, 0) is 54.8 Å². The summed E-state index contributed by atoms with van der Waals surface area (Å²) in [4.78, 5) is 17.9. The Hall–Kier alpha value is -4.14. The van der Waals surface area contributed by atoms with Crippen LogP contribution in [0, 0.1) is 11.6 Å². The second kappa shape index (κ2) is 11.5. The first kappa shape index (κ1) is 25.0. The number of carboxylic acids is 1. The number of carbonyl (C=O) groups is 1. The van der Waals surface area contributed by atoms with Gasteiger partial charge in [-0.15, -0.1) is 0 Å². The SMILES string of the molecule is CCC(Oc1cccc(CN(CCCOc2ccc(F)c(F)c2)c2nc3ccccc3o2)c1)C(=O)O. The maximum absolute atomic E-state index is 13.4. The van der Waals surface area contributed by atoms with Crippen LogP contribution in [-0.4, -0.2) is 35.3 Å². The summed E-state index contributed by atoms with van der Waals surface area (Å²) in [7, 11) is 0. The highest BCUT2D eigenvalue weighted by Crippen LogP contribution is 2.25. The monoisotopic (exact) mass is 496 g/mol. The number of carboxylic acid groups (broad SMARTS) is 1. The Balaban J connectivity index is 1.48. The van der Waals surface area contributed by atoms with Crippen LogP contribution in [-0.2, 0) is 11.3 Å². The highest BCUT2D eigenvalue weighted by atomic mass is 19.2. The van der Waals surface area contributed by atoms with E-state index in [0.29, 0.717) is 43.3 Å². The Morgan fingerprint density at radius 3 is 2.64 bits per heavy atom. The fraction of sp³-hybridized carbons (Fsp3) is 0.259. The molecule has 4 rings (SSSR count). The van der Waals surface area contributed by atoms with Crippen molar-refractivity contribution in [2.24, 2.45) is 0 Å². The molecule has 0 amide bonds. The van der Waals surface area contributed by atoms with E-state index in [1.807, 2.05) is 35.2 Å². The standard InChI is InChI=1S/C27H26F2N2O5/c1-2-24(26(32)33)35-20-8-5-7-18(15-20)17-31(27-30-23-9-3-4-10-25(23)36-27)13-6-14-34-19-11-12-21(28)22(29)16-19/h3-5,7-12,15-16,24H,2,6,13-14,17H2,1H3,(H,32,33). The summed E-state index contributed by atoms with van der Waals surface area (Å²) in [6.45, 7) is 2.93. The molecule has 0 fully saturated rings.